The number of thiazole rings is 1. The normalized spacial score (nSPS) is 14.6. The van der Waals surface area contributed by atoms with Gasteiger partial charge in [-0.25, -0.2) is 13.4 Å². The van der Waals surface area contributed by atoms with Crippen LogP contribution in [-0.4, -0.2) is 28.6 Å². The van der Waals surface area contributed by atoms with Crippen molar-refractivity contribution in [2.24, 2.45) is 0 Å². The summed E-state index contributed by atoms with van der Waals surface area (Å²) in [4.78, 5) is 11.0. The van der Waals surface area contributed by atoms with Crippen LogP contribution in [0.25, 0.3) is 32.0 Å². The highest BCUT2D eigenvalue weighted by Crippen LogP contribution is 2.41. The van der Waals surface area contributed by atoms with Gasteiger partial charge in [0.15, 0.2) is 9.84 Å². The van der Waals surface area contributed by atoms with Crippen molar-refractivity contribution in [1.29, 1.82) is 0 Å². The second kappa shape index (κ2) is 9.02. The van der Waals surface area contributed by atoms with E-state index in [0.29, 0.717) is 5.52 Å². The van der Waals surface area contributed by atoms with Crippen LogP contribution >= 0.6 is 32.3 Å². The van der Waals surface area contributed by atoms with Gasteiger partial charge in [0, 0.05) is 16.7 Å². The minimum Gasteiger partial charge on any atom is -0.252 e. The van der Waals surface area contributed by atoms with Crippen molar-refractivity contribution >= 4 is 52.4 Å². The molecule has 176 valence electrons. The molecular weight excluding hydrogens is 499 g/mol. The lowest BCUT2D eigenvalue weighted by atomic mass is 10.0. The number of benzene rings is 2. The summed E-state index contributed by atoms with van der Waals surface area (Å²) in [5.41, 5.74) is 5.23. The van der Waals surface area contributed by atoms with Crippen molar-refractivity contribution in [3.8, 4) is 21.8 Å². The highest BCUT2D eigenvalue weighted by atomic mass is 32.2. The number of fused-ring (bicyclic) bond motifs is 1. The molecule has 8 heteroatoms. The van der Waals surface area contributed by atoms with E-state index in [4.69, 9.17) is 9.97 Å². The predicted molar refractivity (Wildman–Crippen MR) is 148 cm³/mol. The third-order valence-corrected chi connectivity index (χ3v) is 11.2. The molecule has 34 heavy (non-hydrogen) atoms. The molecule has 1 saturated carbocycles. The molecule has 4 aromatic rings. The molecule has 0 bridgehead atoms. The molecular formula is C26H27N2O2PS3. The van der Waals surface area contributed by atoms with Gasteiger partial charge in [-0.3, -0.25) is 4.98 Å². The first-order valence-corrected chi connectivity index (χ1v) is 15.2. The molecule has 1 unspecified atom stereocenters. The number of aromatic nitrogens is 2. The molecule has 2 aromatic heterocycles. The summed E-state index contributed by atoms with van der Waals surface area (Å²) in [5.74, 6) is 1.67. The van der Waals surface area contributed by atoms with Crippen molar-refractivity contribution < 1.29 is 8.42 Å². The van der Waals surface area contributed by atoms with Crippen LogP contribution in [0.3, 0.4) is 0 Å². The number of nitrogens with zero attached hydrogens (tertiary/aromatic N) is 2. The maximum Gasteiger partial charge on any atom is 0.187 e. The fourth-order valence-electron chi connectivity index (χ4n) is 3.87. The van der Waals surface area contributed by atoms with Crippen LogP contribution in [0.15, 0.2) is 64.5 Å². The lowest BCUT2D eigenvalue weighted by Crippen LogP contribution is -2.24. The van der Waals surface area contributed by atoms with Gasteiger partial charge in [0.2, 0.25) is 0 Å². The summed E-state index contributed by atoms with van der Waals surface area (Å²) in [5, 5.41) is 0.807. The Hall–Kier alpha value is -1.79. The third-order valence-electron chi connectivity index (χ3n) is 6.01. The first kappa shape index (κ1) is 23.9. The predicted octanol–water partition coefficient (Wildman–Crippen LogP) is 7.40. The van der Waals surface area contributed by atoms with Crippen LogP contribution in [-0.2, 0) is 9.84 Å². The van der Waals surface area contributed by atoms with E-state index in [1.54, 1.807) is 49.1 Å². The van der Waals surface area contributed by atoms with E-state index in [1.807, 2.05) is 12.3 Å². The van der Waals surface area contributed by atoms with Gasteiger partial charge in [0.1, 0.15) is 10.7 Å². The molecule has 0 aliphatic heterocycles. The summed E-state index contributed by atoms with van der Waals surface area (Å²) in [7, 11) is -1.05. The molecule has 1 atom stereocenters. The second-order valence-corrected chi connectivity index (χ2v) is 15.9. The fourth-order valence-corrected chi connectivity index (χ4v) is 7.23. The molecule has 2 aromatic carbocycles. The van der Waals surface area contributed by atoms with Gasteiger partial charge < -0.3 is 0 Å². The number of rotatable bonds is 7. The van der Waals surface area contributed by atoms with Gasteiger partial charge in [0.25, 0.3) is 0 Å². The molecule has 0 N–H and O–H groups in total. The van der Waals surface area contributed by atoms with E-state index in [-0.39, 0.29) is 4.90 Å². The first-order valence-electron chi connectivity index (χ1n) is 11.3. The number of hydrogen-bond donors (Lipinski definition) is 0. The summed E-state index contributed by atoms with van der Waals surface area (Å²) in [6.45, 7) is 5.50. The lowest BCUT2D eigenvalue weighted by Gasteiger charge is -2.18. The van der Waals surface area contributed by atoms with Crippen LogP contribution in [0.5, 0.6) is 0 Å². The van der Waals surface area contributed by atoms with E-state index in [2.05, 4.69) is 46.5 Å². The van der Waals surface area contributed by atoms with Crippen molar-refractivity contribution in [1.82, 2.24) is 9.97 Å². The Morgan fingerprint density at radius 2 is 1.82 bits per heavy atom. The second-order valence-electron chi connectivity index (χ2n) is 9.16. The maximum absolute atomic E-state index is 12.9. The fraction of sp³-hybridized carbons (Fsp3) is 0.308. The van der Waals surface area contributed by atoms with Gasteiger partial charge in [0.05, 0.1) is 19.6 Å². The van der Waals surface area contributed by atoms with Gasteiger partial charge in [-0.1, -0.05) is 31.2 Å². The molecule has 0 saturated heterocycles. The van der Waals surface area contributed by atoms with Crippen molar-refractivity contribution in [3.63, 3.8) is 0 Å². The average Bonchev–Trinajstić information content (AvgIpc) is 3.57. The van der Waals surface area contributed by atoms with Gasteiger partial charge in [-0.2, -0.15) is 0 Å². The largest absolute Gasteiger partial charge is 0.252 e. The first-order chi connectivity index (χ1) is 16.2. The molecule has 0 amide bonds. The summed E-state index contributed by atoms with van der Waals surface area (Å²) in [6, 6.07) is 16.3. The molecule has 0 spiro atoms. The van der Waals surface area contributed by atoms with Crippen molar-refractivity contribution in [2.45, 2.75) is 53.8 Å². The van der Waals surface area contributed by atoms with Gasteiger partial charge in [-0.05, 0) is 73.8 Å². The van der Waals surface area contributed by atoms with Crippen LogP contribution in [0.4, 0.5) is 0 Å². The Morgan fingerprint density at radius 3 is 2.47 bits per heavy atom. The zero-order valence-electron chi connectivity index (χ0n) is 19.4. The molecule has 1 aliphatic carbocycles. The molecule has 1 aliphatic rings. The summed E-state index contributed by atoms with van der Waals surface area (Å²) in [6.07, 6.45) is 4.52. The molecule has 1 fully saturated rings. The Labute approximate surface area is 211 Å². The quantitative estimate of drug-likeness (QED) is 0.185. The van der Waals surface area contributed by atoms with E-state index in [9.17, 15) is 8.42 Å². The number of thioether (sulfide) groups is 1. The van der Waals surface area contributed by atoms with Gasteiger partial charge >= 0.3 is 0 Å². The molecule has 4 nitrogen and oxygen atoms in total. The van der Waals surface area contributed by atoms with Gasteiger partial charge in [-0.15, -0.1) is 32.3 Å². The summed E-state index contributed by atoms with van der Waals surface area (Å²) >= 11 is 3.29. The Morgan fingerprint density at radius 1 is 1.09 bits per heavy atom. The monoisotopic (exact) mass is 526 g/mol. The highest BCUT2D eigenvalue weighted by Gasteiger charge is 2.31. The number of pyridine rings is 1. The minimum absolute atomic E-state index is 0.290. The van der Waals surface area contributed by atoms with Crippen LogP contribution in [0.2, 0.25) is 0 Å². The Bertz CT molecular complexity index is 1470. The lowest BCUT2D eigenvalue weighted by molar-refractivity contribution is 0.582. The zero-order chi connectivity index (χ0) is 24.1. The average molecular weight is 527 g/mol. The SMILES string of the molecule is CCSc1cc(-c2ccc(C3CC3)cc2)cnc1-c1nc2cc(S(=O)(=O)C(C)(C)P)ccc2s1. The highest BCUT2D eigenvalue weighted by molar-refractivity contribution is 7.99. The van der Waals surface area contributed by atoms with Crippen LogP contribution < -0.4 is 0 Å². The van der Waals surface area contributed by atoms with E-state index < -0.39 is 14.3 Å². The summed E-state index contributed by atoms with van der Waals surface area (Å²) < 4.78 is 25.8. The Balaban J connectivity index is 1.52. The number of sulfone groups is 1. The molecule has 5 rings (SSSR count). The van der Waals surface area contributed by atoms with Crippen molar-refractivity contribution in [3.05, 3.63) is 60.3 Å². The minimum atomic E-state index is -3.47. The standard InChI is InChI=1S/C26H27N2O2PS3/c1-4-32-23-13-19(18-9-7-17(8-10-18)16-5-6-16)15-27-24(23)25-28-21-14-20(11-12-22(21)33-25)34(29,30)26(2,3)31/h7-16H,4-6,31H2,1-3H3. The topological polar surface area (TPSA) is 59.9 Å². The van der Waals surface area contributed by atoms with Crippen LogP contribution in [0.1, 0.15) is 45.1 Å². The Kier molecular flexibility index (Phi) is 6.34. The number of hydrogen-bond acceptors (Lipinski definition) is 6. The smallest absolute Gasteiger partial charge is 0.187 e. The van der Waals surface area contributed by atoms with Crippen molar-refractivity contribution in [2.75, 3.05) is 5.75 Å². The van der Waals surface area contributed by atoms with Crippen LogP contribution in [0, 0.1) is 0 Å². The van der Waals surface area contributed by atoms with E-state index in [0.717, 1.165) is 37.5 Å². The molecule has 2 heterocycles. The third kappa shape index (κ3) is 4.56. The maximum atomic E-state index is 12.9. The molecule has 0 radical (unpaired) electrons. The van der Waals surface area contributed by atoms with E-state index >= 15 is 0 Å². The van der Waals surface area contributed by atoms with E-state index in [1.165, 1.54) is 24.0 Å². The zero-order valence-corrected chi connectivity index (χ0v) is 23.0.